The van der Waals surface area contributed by atoms with E-state index in [2.05, 4.69) is 31.8 Å². The summed E-state index contributed by atoms with van der Waals surface area (Å²) < 4.78 is 1.86. The van der Waals surface area contributed by atoms with Gasteiger partial charge in [0.15, 0.2) is 0 Å². The molecule has 2 heterocycles. The molecule has 0 spiro atoms. The highest BCUT2D eigenvalue weighted by Gasteiger charge is 2.18. The SMILES string of the molecule is CN(C)C(=O)c1cnc2ccc(C(C)(C)C)cn12. The van der Waals surface area contributed by atoms with Crippen LogP contribution in [0.15, 0.2) is 24.5 Å². The molecule has 2 aromatic heterocycles. The Morgan fingerprint density at radius 1 is 1.28 bits per heavy atom. The predicted molar refractivity (Wildman–Crippen MR) is 71.9 cm³/mol. The third-order valence-electron chi connectivity index (χ3n) is 3.00. The Kier molecular flexibility index (Phi) is 2.89. The van der Waals surface area contributed by atoms with Gasteiger partial charge in [-0.25, -0.2) is 4.98 Å². The summed E-state index contributed by atoms with van der Waals surface area (Å²) in [6, 6.07) is 4.01. The molecule has 0 bridgehead atoms. The summed E-state index contributed by atoms with van der Waals surface area (Å²) in [7, 11) is 3.49. The van der Waals surface area contributed by atoms with Gasteiger partial charge >= 0.3 is 0 Å². The van der Waals surface area contributed by atoms with Crippen LogP contribution in [0, 0.1) is 0 Å². The number of imidazole rings is 1. The van der Waals surface area contributed by atoms with Crippen molar-refractivity contribution in [3.63, 3.8) is 0 Å². The second-order valence-corrected chi connectivity index (χ2v) is 5.74. The van der Waals surface area contributed by atoms with Crippen LogP contribution in [0.5, 0.6) is 0 Å². The van der Waals surface area contributed by atoms with Crippen LogP contribution in [0.1, 0.15) is 36.8 Å². The van der Waals surface area contributed by atoms with Gasteiger partial charge < -0.3 is 4.90 Å². The molecule has 18 heavy (non-hydrogen) atoms. The zero-order chi connectivity index (χ0) is 13.5. The average molecular weight is 245 g/mol. The number of carbonyl (C=O) groups excluding carboxylic acids is 1. The van der Waals surface area contributed by atoms with Crippen molar-refractivity contribution in [3.8, 4) is 0 Å². The van der Waals surface area contributed by atoms with Crippen LogP contribution in [0.25, 0.3) is 5.65 Å². The van der Waals surface area contributed by atoms with Crippen LogP contribution in [0.4, 0.5) is 0 Å². The van der Waals surface area contributed by atoms with Crippen molar-refractivity contribution < 1.29 is 4.79 Å². The lowest BCUT2D eigenvalue weighted by Gasteiger charge is -2.19. The molecule has 0 aliphatic heterocycles. The van der Waals surface area contributed by atoms with Gasteiger partial charge in [-0.2, -0.15) is 0 Å². The van der Waals surface area contributed by atoms with Gasteiger partial charge in [-0.15, -0.1) is 0 Å². The molecule has 0 fully saturated rings. The maximum atomic E-state index is 12.0. The second-order valence-electron chi connectivity index (χ2n) is 5.74. The first kappa shape index (κ1) is 12.6. The summed E-state index contributed by atoms with van der Waals surface area (Å²) in [5, 5.41) is 0. The maximum absolute atomic E-state index is 12.0. The average Bonchev–Trinajstić information content (AvgIpc) is 2.69. The number of nitrogens with zero attached hydrogens (tertiary/aromatic N) is 3. The zero-order valence-corrected chi connectivity index (χ0v) is 11.6. The third-order valence-corrected chi connectivity index (χ3v) is 3.00. The number of hydrogen-bond donors (Lipinski definition) is 0. The Morgan fingerprint density at radius 3 is 2.50 bits per heavy atom. The molecule has 4 heteroatoms. The molecule has 0 aliphatic rings. The van der Waals surface area contributed by atoms with E-state index < -0.39 is 0 Å². The van der Waals surface area contributed by atoms with Crippen LogP contribution >= 0.6 is 0 Å². The van der Waals surface area contributed by atoms with E-state index in [-0.39, 0.29) is 11.3 Å². The van der Waals surface area contributed by atoms with E-state index in [1.807, 2.05) is 16.7 Å². The molecule has 0 saturated carbocycles. The lowest BCUT2D eigenvalue weighted by molar-refractivity contribution is 0.0821. The van der Waals surface area contributed by atoms with Gasteiger partial charge in [0, 0.05) is 20.3 Å². The fourth-order valence-electron chi connectivity index (χ4n) is 1.81. The van der Waals surface area contributed by atoms with Crippen molar-refractivity contribution in [1.29, 1.82) is 0 Å². The normalized spacial score (nSPS) is 11.8. The lowest BCUT2D eigenvalue weighted by Crippen LogP contribution is -2.23. The Balaban J connectivity index is 2.60. The van der Waals surface area contributed by atoms with Crippen molar-refractivity contribution in [2.75, 3.05) is 14.1 Å². The highest BCUT2D eigenvalue weighted by atomic mass is 16.2. The molecule has 0 N–H and O–H groups in total. The van der Waals surface area contributed by atoms with Crippen molar-refractivity contribution in [2.24, 2.45) is 0 Å². The summed E-state index contributed by atoms with van der Waals surface area (Å²) in [5.74, 6) is -0.0337. The molecular formula is C14H19N3O. The number of aromatic nitrogens is 2. The van der Waals surface area contributed by atoms with Crippen molar-refractivity contribution >= 4 is 11.6 Å². The quantitative estimate of drug-likeness (QED) is 0.773. The Morgan fingerprint density at radius 2 is 1.94 bits per heavy atom. The van der Waals surface area contributed by atoms with E-state index in [0.717, 1.165) is 5.65 Å². The van der Waals surface area contributed by atoms with Crippen LogP contribution in [0.2, 0.25) is 0 Å². The Bertz CT molecular complexity index is 591. The second kappa shape index (κ2) is 4.12. The van der Waals surface area contributed by atoms with Gasteiger partial charge in [-0.3, -0.25) is 9.20 Å². The number of fused-ring (bicyclic) bond motifs is 1. The molecular weight excluding hydrogens is 226 g/mol. The highest BCUT2D eigenvalue weighted by Crippen LogP contribution is 2.23. The van der Waals surface area contributed by atoms with Crippen LogP contribution in [-0.4, -0.2) is 34.3 Å². The van der Waals surface area contributed by atoms with E-state index in [1.165, 1.54) is 5.56 Å². The largest absolute Gasteiger partial charge is 0.343 e. The van der Waals surface area contributed by atoms with Crippen molar-refractivity contribution in [3.05, 3.63) is 35.8 Å². The summed E-state index contributed by atoms with van der Waals surface area (Å²) in [5.41, 5.74) is 2.63. The first-order chi connectivity index (χ1) is 8.30. The molecule has 96 valence electrons. The predicted octanol–water partition coefficient (Wildman–Crippen LogP) is 2.33. The topological polar surface area (TPSA) is 37.6 Å². The first-order valence-corrected chi connectivity index (χ1v) is 6.00. The number of pyridine rings is 1. The minimum atomic E-state index is -0.0337. The minimum Gasteiger partial charge on any atom is -0.343 e. The Labute approximate surface area is 107 Å². The molecule has 0 radical (unpaired) electrons. The van der Waals surface area contributed by atoms with Crippen LogP contribution in [-0.2, 0) is 5.41 Å². The molecule has 2 rings (SSSR count). The van der Waals surface area contributed by atoms with E-state index in [9.17, 15) is 4.79 Å². The van der Waals surface area contributed by atoms with E-state index in [0.29, 0.717) is 5.69 Å². The number of rotatable bonds is 1. The standard InChI is InChI=1S/C14H19N3O/c1-14(2,3)10-6-7-12-15-8-11(17(12)9-10)13(18)16(4)5/h6-9H,1-5H3. The number of amides is 1. The smallest absolute Gasteiger partial charge is 0.271 e. The fraction of sp³-hybridized carbons (Fsp3) is 0.429. The molecule has 0 unspecified atom stereocenters. The molecule has 0 aromatic carbocycles. The minimum absolute atomic E-state index is 0.0337. The first-order valence-electron chi connectivity index (χ1n) is 6.00. The van der Waals surface area contributed by atoms with Gasteiger partial charge in [0.05, 0.1) is 6.20 Å². The molecule has 0 atom stereocenters. The number of hydrogen-bond acceptors (Lipinski definition) is 2. The maximum Gasteiger partial charge on any atom is 0.271 e. The van der Waals surface area contributed by atoms with E-state index in [1.54, 1.807) is 25.2 Å². The van der Waals surface area contributed by atoms with Crippen LogP contribution in [0.3, 0.4) is 0 Å². The fourth-order valence-corrected chi connectivity index (χ4v) is 1.81. The monoisotopic (exact) mass is 245 g/mol. The third kappa shape index (κ3) is 2.10. The van der Waals surface area contributed by atoms with Gasteiger partial charge in [0.1, 0.15) is 11.3 Å². The molecule has 4 nitrogen and oxygen atoms in total. The van der Waals surface area contributed by atoms with Gasteiger partial charge in [0.25, 0.3) is 5.91 Å². The summed E-state index contributed by atoms with van der Waals surface area (Å²) in [4.78, 5) is 17.9. The van der Waals surface area contributed by atoms with E-state index >= 15 is 0 Å². The van der Waals surface area contributed by atoms with Gasteiger partial charge in [0.2, 0.25) is 0 Å². The summed E-state index contributed by atoms with van der Waals surface area (Å²) in [6.45, 7) is 6.45. The van der Waals surface area contributed by atoms with Gasteiger partial charge in [-0.05, 0) is 17.0 Å². The number of carbonyl (C=O) groups is 1. The molecule has 2 aromatic rings. The lowest BCUT2D eigenvalue weighted by atomic mass is 9.88. The summed E-state index contributed by atoms with van der Waals surface area (Å²) in [6.07, 6.45) is 3.63. The molecule has 1 amide bonds. The van der Waals surface area contributed by atoms with Gasteiger partial charge in [-0.1, -0.05) is 26.8 Å². The van der Waals surface area contributed by atoms with E-state index in [4.69, 9.17) is 0 Å². The molecule has 0 aliphatic carbocycles. The van der Waals surface area contributed by atoms with Crippen LogP contribution < -0.4 is 0 Å². The zero-order valence-electron chi connectivity index (χ0n) is 11.6. The summed E-state index contributed by atoms with van der Waals surface area (Å²) >= 11 is 0. The van der Waals surface area contributed by atoms with Crippen molar-refractivity contribution in [1.82, 2.24) is 14.3 Å². The molecule has 0 saturated heterocycles. The highest BCUT2D eigenvalue weighted by molar-refractivity contribution is 5.92. The van der Waals surface area contributed by atoms with Crippen molar-refractivity contribution in [2.45, 2.75) is 26.2 Å². The Hall–Kier alpha value is -1.84.